The number of amides is 2. The van der Waals surface area contributed by atoms with E-state index in [1.807, 2.05) is 0 Å². The third-order valence-corrected chi connectivity index (χ3v) is 1.59. The van der Waals surface area contributed by atoms with E-state index >= 15 is 0 Å². The number of alkyl halides is 3. The van der Waals surface area contributed by atoms with Gasteiger partial charge in [0.2, 0.25) is 0 Å². The second kappa shape index (κ2) is 2.59. The monoisotopic (exact) mass is 197 g/mol. The van der Waals surface area contributed by atoms with E-state index in [4.69, 9.17) is 5.11 Å². The molecule has 0 fully saturated rings. The number of rotatable bonds is 0. The molecule has 74 valence electrons. The van der Waals surface area contributed by atoms with E-state index < -0.39 is 24.4 Å². The van der Waals surface area contributed by atoms with Crippen LogP contribution in [-0.2, 0) is 0 Å². The molecule has 1 aliphatic heterocycles. The molecule has 1 heterocycles. The number of primary amides is 1. The quantitative estimate of drug-likeness (QED) is 0.573. The SMILES string of the molecule is NC(=O)N1N=CC[C@]1(O)C(F)(F)F. The molecule has 1 atom stereocenters. The van der Waals surface area contributed by atoms with Gasteiger partial charge < -0.3 is 10.8 Å². The molecule has 0 saturated carbocycles. The number of urea groups is 1. The Kier molecular flexibility index (Phi) is 1.95. The zero-order valence-electron chi connectivity index (χ0n) is 6.25. The highest BCUT2D eigenvalue weighted by atomic mass is 19.4. The molecular weight excluding hydrogens is 191 g/mol. The molecule has 0 aliphatic carbocycles. The first-order valence-corrected chi connectivity index (χ1v) is 3.20. The molecule has 5 nitrogen and oxygen atoms in total. The largest absolute Gasteiger partial charge is 0.438 e. The van der Waals surface area contributed by atoms with Crippen molar-refractivity contribution in [3.63, 3.8) is 0 Å². The summed E-state index contributed by atoms with van der Waals surface area (Å²) < 4.78 is 36.5. The summed E-state index contributed by atoms with van der Waals surface area (Å²) in [4.78, 5) is 10.4. The molecule has 0 aromatic carbocycles. The molecule has 2 amide bonds. The van der Waals surface area contributed by atoms with Gasteiger partial charge in [0.25, 0.3) is 5.72 Å². The van der Waals surface area contributed by atoms with Gasteiger partial charge in [0.05, 0.1) is 0 Å². The Hall–Kier alpha value is -1.31. The fourth-order valence-corrected chi connectivity index (χ4v) is 0.907. The van der Waals surface area contributed by atoms with Gasteiger partial charge in [0.1, 0.15) is 0 Å². The van der Waals surface area contributed by atoms with Crippen molar-refractivity contribution >= 4 is 12.2 Å². The van der Waals surface area contributed by atoms with Crippen LogP contribution in [0.5, 0.6) is 0 Å². The van der Waals surface area contributed by atoms with Crippen LogP contribution >= 0.6 is 0 Å². The van der Waals surface area contributed by atoms with E-state index in [0.29, 0.717) is 0 Å². The molecule has 0 aromatic heterocycles. The van der Waals surface area contributed by atoms with E-state index in [2.05, 4.69) is 10.8 Å². The smallest absolute Gasteiger partial charge is 0.362 e. The lowest BCUT2D eigenvalue weighted by atomic mass is 10.1. The molecule has 0 aromatic rings. The number of carbonyl (C=O) groups is 1. The second-order valence-corrected chi connectivity index (χ2v) is 2.47. The number of hydrogen-bond donors (Lipinski definition) is 2. The molecule has 0 radical (unpaired) electrons. The number of nitrogens with two attached hydrogens (primary N) is 1. The van der Waals surface area contributed by atoms with Gasteiger partial charge in [-0.25, -0.2) is 4.79 Å². The van der Waals surface area contributed by atoms with Gasteiger partial charge in [0.15, 0.2) is 0 Å². The van der Waals surface area contributed by atoms with Crippen LogP contribution < -0.4 is 5.73 Å². The molecule has 13 heavy (non-hydrogen) atoms. The van der Waals surface area contributed by atoms with Crippen LogP contribution in [0, 0.1) is 0 Å². The summed E-state index contributed by atoms with van der Waals surface area (Å²) in [6.07, 6.45) is -5.00. The number of hydrogen-bond acceptors (Lipinski definition) is 3. The van der Waals surface area contributed by atoms with E-state index in [1.54, 1.807) is 0 Å². The summed E-state index contributed by atoms with van der Waals surface area (Å²) in [5, 5.41) is 11.9. The average molecular weight is 197 g/mol. The summed E-state index contributed by atoms with van der Waals surface area (Å²) >= 11 is 0. The van der Waals surface area contributed by atoms with Gasteiger partial charge in [-0.15, -0.1) is 0 Å². The fourth-order valence-electron chi connectivity index (χ4n) is 0.907. The van der Waals surface area contributed by atoms with Crippen molar-refractivity contribution < 1.29 is 23.1 Å². The van der Waals surface area contributed by atoms with Crippen LogP contribution in [0.25, 0.3) is 0 Å². The number of carbonyl (C=O) groups excluding carboxylic acids is 1. The standard InChI is InChI=1S/C5H6F3N3O2/c6-5(7,8)4(13)1-2-10-11(4)3(9)12/h2,13H,1H2,(H2,9,12)/t4-/m0/s1. The number of halogens is 3. The number of aliphatic hydroxyl groups is 1. The third kappa shape index (κ3) is 1.32. The van der Waals surface area contributed by atoms with Crippen molar-refractivity contribution in [1.29, 1.82) is 0 Å². The van der Waals surface area contributed by atoms with Gasteiger partial charge in [0, 0.05) is 12.6 Å². The van der Waals surface area contributed by atoms with Crippen molar-refractivity contribution in [2.24, 2.45) is 10.8 Å². The highest BCUT2D eigenvalue weighted by Gasteiger charge is 2.61. The molecule has 0 saturated heterocycles. The van der Waals surface area contributed by atoms with E-state index in [0.717, 1.165) is 6.21 Å². The molecule has 3 N–H and O–H groups in total. The molecule has 0 spiro atoms. The lowest BCUT2D eigenvalue weighted by molar-refractivity contribution is -0.296. The maximum absolute atomic E-state index is 12.2. The Bertz CT molecular complexity index is 264. The molecule has 0 bridgehead atoms. The Morgan fingerprint density at radius 3 is 2.54 bits per heavy atom. The second-order valence-electron chi connectivity index (χ2n) is 2.47. The lowest BCUT2D eigenvalue weighted by Gasteiger charge is -2.31. The Morgan fingerprint density at radius 2 is 2.23 bits per heavy atom. The zero-order valence-corrected chi connectivity index (χ0v) is 6.25. The van der Waals surface area contributed by atoms with Gasteiger partial charge in [-0.1, -0.05) is 0 Å². The van der Waals surface area contributed by atoms with E-state index in [9.17, 15) is 18.0 Å². The lowest BCUT2D eigenvalue weighted by Crippen LogP contribution is -2.57. The third-order valence-electron chi connectivity index (χ3n) is 1.59. The van der Waals surface area contributed by atoms with E-state index in [-0.39, 0.29) is 5.01 Å². The van der Waals surface area contributed by atoms with Gasteiger partial charge in [-0.2, -0.15) is 23.3 Å². The average Bonchev–Trinajstić information content (AvgIpc) is 2.30. The van der Waals surface area contributed by atoms with Crippen LogP contribution in [0.4, 0.5) is 18.0 Å². The van der Waals surface area contributed by atoms with Crippen LogP contribution in [0.15, 0.2) is 5.10 Å². The minimum absolute atomic E-state index is 0.188. The van der Waals surface area contributed by atoms with Crippen molar-refractivity contribution in [3.05, 3.63) is 0 Å². The van der Waals surface area contributed by atoms with Crippen LogP contribution in [0.3, 0.4) is 0 Å². The minimum atomic E-state index is -4.97. The summed E-state index contributed by atoms with van der Waals surface area (Å²) in [7, 11) is 0. The predicted octanol–water partition coefficient (Wildman–Crippen LogP) is 0.00750. The topological polar surface area (TPSA) is 78.9 Å². The van der Waals surface area contributed by atoms with Crippen molar-refractivity contribution in [3.8, 4) is 0 Å². The first-order chi connectivity index (χ1) is 5.79. The summed E-state index contributed by atoms with van der Waals surface area (Å²) in [6.45, 7) is 0. The van der Waals surface area contributed by atoms with Crippen molar-refractivity contribution in [2.75, 3.05) is 0 Å². The zero-order chi connectivity index (χ0) is 10.3. The highest BCUT2D eigenvalue weighted by Crippen LogP contribution is 2.38. The number of hydrazone groups is 1. The molecular formula is C5H6F3N3O2. The van der Waals surface area contributed by atoms with Crippen LogP contribution in [0.1, 0.15) is 6.42 Å². The van der Waals surface area contributed by atoms with Crippen molar-refractivity contribution in [1.82, 2.24) is 5.01 Å². The van der Waals surface area contributed by atoms with Gasteiger partial charge in [-0.3, -0.25) is 0 Å². The number of nitrogens with zero attached hydrogens (tertiary/aromatic N) is 2. The van der Waals surface area contributed by atoms with Gasteiger partial charge >= 0.3 is 12.2 Å². The first kappa shape index (κ1) is 9.78. The summed E-state index contributed by atoms with van der Waals surface area (Å²) in [5.74, 6) is 0. The normalized spacial score (nSPS) is 28.2. The Labute approximate surface area is 70.6 Å². The molecule has 8 heteroatoms. The van der Waals surface area contributed by atoms with Crippen molar-refractivity contribution in [2.45, 2.75) is 18.3 Å². The Morgan fingerprint density at radius 1 is 1.69 bits per heavy atom. The minimum Gasteiger partial charge on any atom is -0.362 e. The Balaban J connectivity index is 2.99. The van der Waals surface area contributed by atoms with E-state index in [1.165, 1.54) is 0 Å². The van der Waals surface area contributed by atoms with Gasteiger partial charge in [-0.05, 0) is 0 Å². The summed E-state index contributed by atoms with van der Waals surface area (Å²) in [6, 6.07) is -1.45. The maximum atomic E-state index is 12.2. The fraction of sp³-hybridized carbons (Fsp3) is 0.600. The maximum Gasteiger partial charge on any atom is 0.438 e. The predicted molar refractivity (Wildman–Crippen MR) is 35.5 cm³/mol. The molecule has 1 aliphatic rings. The molecule has 0 unspecified atom stereocenters. The van der Waals surface area contributed by atoms with Crippen LogP contribution in [-0.4, -0.2) is 34.3 Å². The first-order valence-electron chi connectivity index (χ1n) is 3.20. The highest BCUT2D eigenvalue weighted by molar-refractivity contribution is 5.77. The van der Waals surface area contributed by atoms with Crippen LogP contribution in [0.2, 0.25) is 0 Å². The molecule has 1 rings (SSSR count). The summed E-state index contributed by atoms with van der Waals surface area (Å²) in [5.41, 5.74) is 1.29.